The minimum Gasteiger partial charge on any atom is -0.508 e. The molecule has 7 nitrogen and oxygen atoms in total. The lowest BCUT2D eigenvalue weighted by atomic mass is 10.2. The number of phenols is 1. The minimum atomic E-state index is -0.704. The topological polar surface area (TPSA) is 94.1 Å². The van der Waals surface area contributed by atoms with E-state index in [2.05, 4.69) is 5.32 Å². The maximum absolute atomic E-state index is 11.9. The standard InChI is InChI=1S/C17H17NO6/c1-22-14-7-12(8-15(9-14)23-2)18-16(20)10-24-17(21)11-4-3-5-13(19)6-11/h3-9,19H,10H2,1-2H3,(H,18,20). The number of carbonyl (C=O) groups excluding carboxylic acids is 2. The quantitative estimate of drug-likeness (QED) is 0.788. The number of rotatable bonds is 6. The highest BCUT2D eigenvalue weighted by Crippen LogP contribution is 2.25. The first-order valence-electron chi connectivity index (χ1n) is 7.01. The summed E-state index contributed by atoms with van der Waals surface area (Å²) in [5, 5.41) is 11.9. The van der Waals surface area contributed by atoms with E-state index in [4.69, 9.17) is 14.2 Å². The summed E-state index contributed by atoms with van der Waals surface area (Å²) in [6.45, 7) is -0.464. The van der Waals surface area contributed by atoms with E-state index in [1.807, 2.05) is 0 Å². The third-order valence-electron chi connectivity index (χ3n) is 3.05. The van der Waals surface area contributed by atoms with Crippen LogP contribution in [0.2, 0.25) is 0 Å². The Hall–Kier alpha value is -3.22. The number of carbonyl (C=O) groups is 2. The van der Waals surface area contributed by atoms with Crippen LogP contribution in [0.3, 0.4) is 0 Å². The van der Waals surface area contributed by atoms with Crippen molar-refractivity contribution in [1.29, 1.82) is 0 Å². The lowest BCUT2D eigenvalue weighted by Gasteiger charge is -2.10. The van der Waals surface area contributed by atoms with E-state index in [-0.39, 0.29) is 11.3 Å². The molecule has 0 heterocycles. The van der Waals surface area contributed by atoms with E-state index >= 15 is 0 Å². The minimum absolute atomic E-state index is 0.0580. The van der Waals surface area contributed by atoms with Gasteiger partial charge in [0.25, 0.3) is 5.91 Å². The molecule has 0 aromatic heterocycles. The van der Waals surface area contributed by atoms with Crippen LogP contribution in [0, 0.1) is 0 Å². The van der Waals surface area contributed by atoms with Crippen LogP contribution in [0.5, 0.6) is 17.2 Å². The van der Waals surface area contributed by atoms with Gasteiger partial charge in [0, 0.05) is 23.9 Å². The third-order valence-corrected chi connectivity index (χ3v) is 3.05. The van der Waals surface area contributed by atoms with Crippen molar-refractivity contribution in [3.05, 3.63) is 48.0 Å². The normalized spacial score (nSPS) is 9.92. The number of ether oxygens (including phenoxy) is 3. The van der Waals surface area contributed by atoms with Gasteiger partial charge < -0.3 is 24.6 Å². The fraction of sp³-hybridized carbons (Fsp3) is 0.176. The number of aromatic hydroxyl groups is 1. The fourth-order valence-corrected chi connectivity index (χ4v) is 1.92. The monoisotopic (exact) mass is 331 g/mol. The number of benzene rings is 2. The average Bonchev–Trinajstić information content (AvgIpc) is 2.59. The molecule has 0 aliphatic rings. The molecular formula is C17H17NO6. The second-order valence-electron chi connectivity index (χ2n) is 4.78. The molecule has 0 bridgehead atoms. The average molecular weight is 331 g/mol. The summed E-state index contributed by atoms with van der Waals surface area (Å²) in [7, 11) is 2.99. The van der Waals surface area contributed by atoms with Crippen LogP contribution in [0.15, 0.2) is 42.5 Å². The molecule has 1 amide bonds. The zero-order valence-corrected chi connectivity index (χ0v) is 13.2. The Bertz CT molecular complexity index is 721. The van der Waals surface area contributed by atoms with Crippen LogP contribution in [0.25, 0.3) is 0 Å². The number of anilines is 1. The number of amides is 1. The lowest BCUT2D eigenvalue weighted by Crippen LogP contribution is -2.21. The van der Waals surface area contributed by atoms with Gasteiger partial charge in [-0.05, 0) is 18.2 Å². The maximum atomic E-state index is 11.9. The van der Waals surface area contributed by atoms with E-state index in [0.717, 1.165) is 0 Å². The number of hydrogen-bond acceptors (Lipinski definition) is 6. The van der Waals surface area contributed by atoms with Crippen molar-refractivity contribution in [3.8, 4) is 17.2 Å². The molecule has 0 fully saturated rings. The van der Waals surface area contributed by atoms with Gasteiger partial charge in [-0.1, -0.05) is 6.07 Å². The maximum Gasteiger partial charge on any atom is 0.338 e. The van der Waals surface area contributed by atoms with E-state index in [1.54, 1.807) is 18.2 Å². The summed E-state index contributed by atoms with van der Waals surface area (Å²) in [5.41, 5.74) is 0.607. The van der Waals surface area contributed by atoms with Crippen LogP contribution >= 0.6 is 0 Å². The first kappa shape index (κ1) is 17.1. The van der Waals surface area contributed by atoms with Crippen LogP contribution in [-0.4, -0.2) is 37.8 Å². The molecule has 0 saturated carbocycles. The molecule has 2 rings (SSSR count). The molecule has 2 aromatic carbocycles. The number of hydrogen-bond donors (Lipinski definition) is 2. The molecule has 126 valence electrons. The third kappa shape index (κ3) is 4.64. The van der Waals surface area contributed by atoms with Crippen LogP contribution in [0.1, 0.15) is 10.4 Å². The Labute approximate surface area is 138 Å². The van der Waals surface area contributed by atoms with Gasteiger partial charge in [0.2, 0.25) is 0 Å². The zero-order chi connectivity index (χ0) is 17.5. The fourth-order valence-electron chi connectivity index (χ4n) is 1.92. The predicted octanol–water partition coefficient (Wildman–Crippen LogP) is 2.20. The summed E-state index contributed by atoms with van der Waals surface area (Å²) in [4.78, 5) is 23.7. The van der Waals surface area contributed by atoms with Crippen molar-refractivity contribution in [3.63, 3.8) is 0 Å². The summed E-state index contributed by atoms with van der Waals surface area (Å²) in [6, 6.07) is 10.6. The summed E-state index contributed by atoms with van der Waals surface area (Å²) in [5.74, 6) is -0.247. The van der Waals surface area contributed by atoms with Crippen molar-refractivity contribution in [2.75, 3.05) is 26.1 Å². The number of nitrogens with one attached hydrogen (secondary N) is 1. The smallest absolute Gasteiger partial charge is 0.338 e. The first-order chi connectivity index (χ1) is 11.5. The van der Waals surface area contributed by atoms with Crippen LogP contribution < -0.4 is 14.8 Å². The van der Waals surface area contributed by atoms with Crippen molar-refractivity contribution >= 4 is 17.6 Å². The van der Waals surface area contributed by atoms with Crippen molar-refractivity contribution in [2.24, 2.45) is 0 Å². The van der Waals surface area contributed by atoms with E-state index in [0.29, 0.717) is 17.2 Å². The van der Waals surface area contributed by atoms with Gasteiger partial charge in [-0.2, -0.15) is 0 Å². The van der Waals surface area contributed by atoms with Gasteiger partial charge in [-0.25, -0.2) is 4.79 Å². The van der Waals surface area contributed by atoms with E-state index in [9.17, 15) is 14.7 Å². The molecule has 2 N–H and O–H groups in total. The van der Waals surface area contributed by atoms with E-state index in [1.165, 1.54) is 38.5 Å². The second-order valence-corrected chi connectivity index (χ2v) is 4.78. The molecule has 0 radical (unpaired) electrons. The van der Waals surface area contributed by atoms with Crippen LogP contribution in [0.4, 0.5) is 5.69 Å². The van der Waals surface area contributed by atoms with E-state index < -0.39 is 18.5 Å². The number of esters is 1. The molecule has 0 aliphatic heterocycles. The Balaban J connectivity index is 1.95. The highest BCUT2D eigenvalue weighted by atomic mass is 16.5. The molecule has 0 aliphatic carbocycles. The first-order valence-corrected chi connectivity index (χ1v) is 7.01. The number of phenolic OH excluding ortho intramolecular Hbond substituents is 1. The molecule has 0 saturated heterocycles. The lowest BCUT2D eigenvalue weighted by molar-refractivity contribution is -0.119. The number of methoxy groups -OCH3 is 2. The molecule has 0 atom stereocenters. The van der Waals surface area contributed by atoms with Gasteiger partial charge in [0.1, 0.15) is 17.2 Å². The largest absolute Gasteiger partial charge is 0.508 e. The molecule has 7 heteroatoms. The Morgan fingerprint density at radius 3 is 2.29 bits per heavy atom. The van der Waals surface area contributed by atoms with Gasteiger partial charge >= 0.3 is 5.97 Å². The molecule has 24 heavy (non-hydrogen) atoms. The van der Waals surface area contributed by atoms with Crippen molar-refractivity contribution in [1.82, 2.24) is 0 Å². The predicted molar refractivity (Wildman–Crippen MR) is 86.6 cm³/mol. The molecule has 0 unspecified atom stereocenters. The summed E-state index contributed by atoms with van der Waals surface area (Å²) in [6.07, 6.45) is 0. The summed E-state index contributed by atoms with van der Waals surface area (Å²) < 4.78 is 15.1. The van der Waals surface area contributed by atoms with Crippen molar-refractivity contribution in [2.45, 2.75) is 0 Å². The molecular weight excluding hydrogens is 314 g/mol. The van der Waals surface area contributed by atoms with Crippen LogP contribution in [-0.2, 0) is 9.53 Å². The SMILES string of the molecule is COc1cc(NC(=O)COC(=O)c2cccc(O)c2)cc(OC)c1. The van der Waals surface area contributed by atoms with Gasteiger partial charge in [-0.15, -0.1) is 0 Å². The van der Waals surface area contributed by atoms with Gasteiger partial charge in [0.05, 0.1) is 19.8 Å². The Morgan fingerprint density at radius 1 is 1.04 bits per heavy atom. The molecule has 0 spiro atoms. The highest BCUT2D eigenvalue weighted by Gasteiger charge is 2.12. The highest BCUT2D eigenvalue weighted by molar-refractivity contribution is 5.95. The zero-order valence-electron chi connectivity index (χ0n) is 13.2. The van der Waals surface area contributed by atoms with Gasteiger partial charge in [-0.3, -0.25) is 4.79 Å². The van der Waals surface area contributed by atoms with Gasteiger partial charge in [0.15, 0.2) is 6.61 Å². The Morgan fingerprint density at radius 2 is 1.71 bits per heavy atom. The molecule has 2 aromatic rings. The van der Waals surface area contributed by atoms with Crippen molar-refractivity contribution < 1.29 is 28.9 Å². The Kier molecular flexibility index (Phi) is 5.62. The summed E-state index contributed by atoms with van der Waals surface area (Å²) >= 11 is 0. The second kappa shape index (κ2) is 7.87.